The number of halogens is 1. The molecule has 8 aromatic rings. The summed E-state index contributed by atoms with van der Waals surface area (Å²) >= 11 is 0. The van der Waals surface area contributed by atoms with Gasteiger partial charge < -0.3 is 25.7 Å². The number of nitrogen functional groups attached to an aromatic ring is 1. The number of aromatic nitrogens is 4. The first kappa shape index (κ1) is 58.5. The van der Waals surface area contributed by atoms with Crippen molar-refractivity contribution in [1.82, 2.24) is 19.6 Å². The van der Waals surface area contributed by atoms with Gasteiger partial charge in [0.05, 0.1) is 36.0 Å². The van der Waals surface area contributed by atoms with Gasteiger partial charge in [0.2, 0.25) is 0 Å². The largest absolute Gasteiger partial charge is 0.444 e. The Balaban J connectivity index is 0.000000211. The van der Waals surface area contributed by atoms with Gasteiger partial charge in [-0.25, -0.2) is 14.2 Å². The maximum atomic E-state index is 13.7. The van der Waals surface area contributed by atoms with Crippen LogP contribution in [0.15, 0.2) is 158 Å². The number of nitrogens with zero attached hydrogens (tertiary/aromatic N) is 4. The van der Waals surface area contributed by atoms with Crippen LogP contribution >= 0.6 is 12.4 Å². The van der Waals surface area contributed by atoms with E-state index in [-0.39, 0.29) is 49.0 Å². The molecule has 6 aromatic carbocycles. The Kier molecular flexibility index (Phi) is 19.4. The summed E-state index contributed by atoms with van der Waals surface area (Å²) in [5, 5.41) is 12.1. The Hall–Kier alpha value is -7.68. The molecular formula is C66H74ClN7O6. The van der Waals surface area contributed by atoms with Crippen LogP contribution in [0.5, 0.6) is 0 Å². The summed E-state index contributed by atoms with van der Waals surface area (Å²) in [5.41, 5.74) is 25.0. The molecule has 1 amide bonds. The smallest absolute Gasteiger partial charge is 0.412 e. The Morgan fingerprint density at radius 3 is 1.50 bits per heavy atom. The minimum absolute atomic E-state index is 0. The van der Waals surface area contributed by atoms with Crippen LogP contribution < -0.4 is 16.8 Å². The highest BCUT2D eigenvalue weighted by Gasteiger charge is 2.28. The topological polar surface area (TPSA) is 179 Å². The number of nitrogens with two attached hydrogens (primary N) is 2. The van der Waals surface area contributed by atoms with E-state index in [4.69, 9.17) is 25.7 Å². The fourth-order valence-corrected chi connectivity index (χ4v) is 9.52. The molecular weight excluding hydrogens is 1020 g/mol. The summed E-state index contributed by atoms with van der Waals surface area (Å²) in [6.45, 7) is 13.2. The molecule has 80 heavy (non-hydrogen) atoms. The molecule has 0 aliphatic heterocycles. The number of benzene rings is 6. The summed E-state index contributed by atoms with van der Waals surface area (Å²) in [6, 6.07) is 51.3. The third-order valence-corrected chi connectivity index (χ3v) is 13.9. The second-order valence-electron chi connectivity index (χ2n) is 22.0. The molecule has 0 saturated heterocycles. The minimum atomic E-state index is -0.592. The predicted molar refractivity (Wildman–Crippen MR) is 318 cm³/mol. The first-order valence-electron chi connectivity index (χ1n) is 27.5. The van der Waals surface area contributed by atoms with E-state index in [0.717, 1.165) is 74.7 Å². The quantitative estimate of drug-likeness (QED) is 0.0463. The number of aryl methyl sites for hydroxylation is 3. The maximum absolute atomic E-state index is 13.7. The van der Waals surface area contributed by atoms with E-state index < -0.39 is 11.7 Å². The molecule has 2 aromatic heterocycles. The molecule has 0 bridgehead atoms. The lowest BCUT2D eigenvalue weighted by Crippen LogP contribution is -2.27. The molecule has 2 unspecified atom stereocenters. The number of carbonyl (C=O) groups is 3. The number of ketones is 2. The highest BCUT2D eigenvalue weighted by atomic mass is 35.5. The molecule has 13 nitrogen and oxygen atoms in total. The zero-order valence-electron chi connectivity index (χ0n) is 46.7. The van der Waals surface area contributed by atoms with E-state index in [0.29, 0.717) is 47.8 Å². The highest BCUT2D eigenvalue weighted by Crippen LogP contribution is 2.36. The van der Waals surface area contributed by atoms with Crippen molar-refractivity contribution in [1.29, 1.82) is 0 Å². The van der Waals surface area contributed by atoms with Crippen LogP contribution in [0.1, 0.15) is 142 Å². The number of anilines is 2. The summed E-state index contributed by atoms with van der Waals surface area (Å²) in [7, 11) is 0. The molecule has 0 spiro atoms. The van der Waals surface area contributed by atoms with Crippen molar-refractivity contribution < 1.29 is 28.6 Å². The zero-order chi connectivity index (χ0) is 55.6. The van der Waals surface area contributed by atoms with Crippen LogP contribution in [-0.4, -0.2) is 56.0 Å². The number of carbonyl (C=O) groups excluding carboxylic acids is 3. The molecule has 2 fully saturated rings. The molecule has 14 heteroatoms. The Bertz CT molecular complexity index is 3430. The van der Waals surface area contributed by atoms with Crippen LogP contribution in [0, 0.1) is 25.7 Å². The molecule has 2 atom stereocenters. The number of amides is 1. The maximum Gasteiger partial charge on any atom is 0.412 e. The summed E-state index contributed by atoms with van der Waals surface area (Å²) < 4.78 is 21.8. The molecule has 0 radical (unpaired) electrons. The predicted octanol–water partition coefficient (Wildman–Crippen LogP) is 13.6. The van der Waals surface area contributed by atoms with Gasteiger partial charge in [0.25, 0.3) is 0 Å². The van der Waals surface area contributed by atoms with Gasteiger partial charge in [-0.3, -0.25) is 14.9 Å². The second kappa shape index (κ2) is 26.5. The summed E-state index contributed by atoms with van der Waals surface area (Å²) in [4.78, 5) is 39.5. The monoisotopic (exact) mass is 1100 g/mol. The van der Waals surface area contributed by atoms with E-state index >= 15 is 0 Å². The standard InChI is InChI=1S/C36H41N3O4.C30H32N4O2.ClH/c1-6-25-10-8-15-31(20-25)39-32(18-24(2)38-39)33(40)21-27-11-7-12-28(19-27)34(42-23-26-16-17-26)29-13-9-14-30(22-29)37-35(41)43-36(3,4)5;1-20-13-28(34(33-20)27-10-3-6-23(15-27)18-31)29(35)16-22-5-2-7-24(14-22)30(36-19-21-11-12-21)25-8-4-9-26(32)17-25;/h7-15,18-20,22,26,34H,6,16-17,21,23H2,1-5H3,(H,37,41);2-10,13-15,17,21,30H,11-12,16,18-19,31-32H2,1H3;1H. The normalized spacial score (nSPS) is 13.8. The number of hydrogen-bond donors (Lipinski definition) is 3. The first-order valence-corrected chi connectivity index (χ1v) is 27.5. The summed E-state index contributed by atoms with van der Waals surface area (Å²) in [6.07, 6.45) is 5.13. The van der Waals surface area contributed by atoms with Gasteiger partial charge in [-0.15, -0.1) is 12.4 Å². The SMILES string of the molecule is CCc1cccc(-n2nc(C)cc2C(=O)Cc2cccc(C(OCC3CC3)c3cccc(NC(=O)OC(C)(C)C)c3)c2)c1.Cc1cc(C(=O)Cc2cccc(C(OCC3CC3)c3cccc(N)c3)c2)n(-c2cccc(CN)c2)n1.Cl. The minimum Gasteiger partial charge on any atom is -0.444 e. The van der Waals surface area contributed by atoms with Crippen molar-refractivity contribution in [2.75, 3.05) is 24.3 Å². The number of Topliss-reactive ketones (excluding diaryl/α,β-unsaturated/α-hetero) is 2. The van der Waals surface area contributed by atoms with Crippen molar-refractivity contribution in [3.8, 4) is 11.4 Å². The van der Waals surface area contributed by atoms with Gasteiger partial charge in [0, 0.05) is 30.8 Å². The van der Waals surface area contributed by atoms with E-state index in [1.165, 1.54) is 31.2 Å². The third kappa shape index (κ3) is 16.0. The van der Waals surface area contributed by atoms with E-state index in [1.54, 1.807) is 9.36 Å². The lowest BCUT2D eigenvalue weighted by molar-refractivity contribution is 0.0634. The van der Waals surface area contributed by atoms with Gasteiger partial charge in [0.1, 0.15) is 29.2 Å². The van der Waals surface area contributed by atoms with Crippen LogP contribution in [0.2, 0.25) is 0 Å². The average molecular weight is 1100 g/mol. The number of ether oxygens (including phenoxy) is 3. The van der Waals surface area contributed by atoms with Crippen molar-refractivity contribution in [3.05, 3.63) is 225 Å². The molecule has 2 aliphatic rings. The van der Waals surface area contributed by atoms with Crippen LogP contribution in [0.3, 0.4) is 0 Å². The highest BCUT2D eigenvalue weighted by molar-refractivity contribution is 5.97. The van der Waals surface area contributed by atoms with Crippen molar-refractivity contribution in [2.24, 2.45) is 17.6 Å². The number of rotatable bonds is 21. The van der Waals surface area contributed by atoms with Gasteiger partial charge in [-0.2, -0.15) is 10.2 Å². The molecule has 5 N–H and O–H groups in total. The van der Waals surface area contributed by atoms with E-state index in [1.807, 2.05) is 162 Å². The zero-order valence-corrected chi connectivity index (χ0v) is 47.5. The third-order valence-electron chi connectivity index (χ3n) is 13.9. The molecule has 10 rings (SSSR count). The van der Waals surface area contributed by atoms with Crippen molar-refractivity contribution >= 4 is 41.4 Å². The van der Waals surface area contributed by atoms with Crippen LogP contribution in [0.25, 0.3) is 11.4 Å². The fraction of sp³-hybridized carbons (Fsp3) is 0.318. The Morgan fingerprint density at radius 1 is 0.588 bits per heavy atom. The lowest BCUT2D eigenvalue weighted by atomic mass is 9.97. The van der Waals surface area contributed by atoms with Crippen molar-refractivity contribution in [3.63, 3.8) is 0 Å². The fourth-order valence-electron chi connectivity index (χ4n) is 9.52. The Morgan fingerprint density at radius 2 is 1.02 bits per heavy atom. The molecule has 2 saturated carbocycles. The summed E-state index contributed by atoms with van der Waals surface area (Å²) in [5.74, 6) is 1.22. The molecule has 416 valence electrons. The van der Waals surface area contributed by atoms with Gasteiger partial charge >= 0.3 is 6.09 Å². The van der Waals surface area contributed by atoms with Gasteiger partial charge in [0.15, 0.2) is 11.6 Å². The first-order chi connectivity index (χ1) is 38.1. The number of nitrogens with one attached hydrogen (secondary N) is 1. The lowest BCUT2D eigenvalue weighted by Gasteiger charge is -2.22. The second-order valence-corrected chi connectivity index (χ2v) is 22.0. The van der Waals surface area contributed by atoms with E-state index in [2.05, 4.69) is 52.8 Å². The molecule has 2 aliphatic carbocycles. The Labute approximate surface area is 476 Å². The van der Waals surface area contributed by atoms with Gasteiger partial charge in [-0.05, 0) is 184 Å². The molecule has 2 heterocycles. The number of hydrogen-bond acceptors (Lipinski definition) is 10. The van der Waals surface area contributed by atoms with Crippen LogP contribution in [0.4, 0.5) is 16.2 Å². The van der Waals surface area contributed by atoms with Crippen molar-refractivity contribution in [2.45, 2.75) is 111 Å². The van der Waals surface area contributed by atoms with E-state index in [9.17, 15) is 14.4 Å². The van der Waals surface area contributed by atoms with Gasteiger partial charge in [-0.1, -0.05) is 104 Å². The van der Waals surface area contributed by atoms with Crippen LogP contribution in [-0.2, 0) is 40.0 Å². The average Bonchev–Trinajstić information content (AvgIpc) is 4.40.